The van der Waals surface area contributed by atoms with Gasteiger partial charge in [-0.05, 0) is 19.4 Å². The summed E-state index contributed by atoms with van der Waals surface area (Å²) in [4.78, 5) is 0. The Morgan fingerprint density at radius 3 is 2.85 bits per heavy atom. The average Bonchev–Trinajstić information content (AvgIpc) is 2.22. The number of hydrogen-bond donors (Lipinski definition) is 0. The van der Waals surface area contributed by atoms with Crippen molar-refractivity contribution in [3.05, 3.63) is 30.4 Å². The second-order valence-corrected chi connectivity index (χ2v) is 2.27. The van der Waals surface area contributed by atoms with Crippen molar-refractivity contribution in [1.29, 1.82) is 0 Å². The van der Waals surface area contributed by atoms with E-state index in [9.17, 15) is 0 Å². The van der Waals surface area contributed by atoms with E-state index in [2.05, 4.69) is 18.9 Å². The number of terminal acetylenes is 1. The van der Waals surface area contributed by atoms with Crippen LogP contribution in [0.4, 0.5) is 0 Å². The first kappa shape index (κ1) is 11.8. The summed E-state index contributed by atoms with van der Waals surface area (Å²) in [6.45, 7) is 8.05. The predicted molar refractivity (Wildman–Crippen MR) is 56.9 cm³/mol. The lowest BCUT2D eigenvalue weighted by molar-refractivity contribution is 0.232. The summed E-state index contributed by atoms with van der Waals surface area (Å²) in [5, 5.41) is 0. The Balaban J connectivity index is 0.000000671. The maximum absolute atomic E-state index is 5.26. The van der Waals surface area contributed by atoms with Crippen molar-refractivity contribution in [3.8, 4) is 12.3 Å². The fourth-order valence-corrected chi connectivity index (χ4v) is 1.04. The van der Waals surface area contributed by atoms with E-state index in [1.165, 1.54) is 0 Å². The molecule has 0 aromatic carbocycles. The van der Waals surface area contributed by atoms with Crippen LogP contribution in [0.5, 0.6) is 0 Å². The molecular weight excluding hydrogens is 160 g/mol. The quantitative estimate of drug-likeness (QED) is 0.589. The fourth-order valence-electron chi connectivity index (χ4n) is 1.04. The van der Waals surface area contributed by atoms with Gasteiger partial charge in [0.25, 0.3) is 0 Å². The Morgan fingerprint density at radius 1 is 1.62 bits per heavy atom. The number of ether oxygens (including phenoxy) is 1. The predicted octanol–water partition coefficient (Wildman–Crippen LogP) is 3.10. The van der Waals surface area contributed by atoms with Gasteiger partial charge in [0.15, 0.2) is 0 Å². The van der Waals surface area contributed by atoms with Crippen LogP contribution in [0.15, 0.2) is 23.5 Å². The van der Waals surface area contributed by atoms with E-state index in [0.717, 1.165) is 24.2 Å². The van der Waals surface area contributed by atoms with Gasteiger partial charge in [-0.15, -0.1) is 6.42 Å². The fraction of sp³-hybridized carbons (Fsp3) is 0.417. The first-order chi connectivity index (χ1) is 6.38. The zero-order valence-electron chi connectivity index (χ0n) is 8.47. The molecule has 0 aliphatic heterocycles. The molecule has 0 aromatic heterocycles. The van der Waals surface area contributed by atoms with Crippen molar-refractivity contribution in [3.63, 3.8) is 0 Å². The van der Waals surface area contributed by atoms with E-state index in [1.807, 2.05) is 19.9 Å². The second kappa shape index (κ2) is 7.49. The summed E-state index contributed by atoms with van der Waals surface area (Å²) in [5.41, 5.74) is 0.861. The van der Waals surface area contributed by atoms with Crippen molar-refractivity contribution in [2.24, 2.45) is 0 Å². The number of rotatable bonds is 2. The minimum atomic E-state index is 0.453. The van der Waals surface area contributed by atoms with Crippen molar-refractivity contribution >= 4 is 0 Å². The van der Waals surface area contributed by atoms with E-state index in [0.29, 0.717) is 6.61 Å². The van der Waals surface area contributed by atoms with E-state index >= 15 is 0 Å². The molecule has 0 saturated heterocycles. The van der Waals surface area contributed by atoms with Gasteiger partial charge in [-0.25, -0.2) is 0 Å². The third kappa shape index (κ3) is 3.85. The topological polar surface area (TPSA) is 9.23 Å². The summed E-state index contributed by atoms with van der Waals surface area (Å²) in [5.74, 6) is 3.49. The molecule has 0 N–H and O–H groups in total. The highest BCUT2D eigenvalue weighted by Gasteiger charge is 2.05. The molecule has 1 heteroatoms. The summed E-state index contributed by atoms with van der Waals surface area (Å²) in [6.07, 6.45) is 11.2. The maximum atomic E-state index is 5.26. The van der Waals surface area contributed by atoms with Crippen LogP contribution in [0.3, 0.4) is 0 Å². The molecule has 0 fully saturated rings. The normalized spacial score (nSPS) is 14.3. The van der Waals surface area contributed by atoms with Crippen LogP contribution >= 0.6 is 0 Å². The van der Waals surface area contributed by atoms with Crippen LogP contribution in [-0.2, 0) is 4.74 Å². The first-order valence-corrected chi connectivity index (χ1v) is 4.67. The maximum Gasteiger partial charge on any atom is 0.112 e. The molecule has 0 unspecified atom stereocenters. The molecule has 0 heterocycles. The van der Waals surface area contributed by atoms with Gasteiger partial charge in [0.2, 0.25) is 0 Å². The smallest absolute Gasteiger partial charge is 0.112 e. The van der Waals surface area contributed by atoms with Gasteiger partial charge < -0.3 is 4.74 Å². The monoisotopic (exact) mass is 177 g/mol. The molecule has 0 aromatic rings. The lowest BCUT2D eigenvalue weighted by Crippen LogP contribution is -1.98. The molecule has 1 nitrogen and oxygen atoms in total. The largest absolute Gasteiger partial charge is 0.497 e. The third-order valence-electron chi connectivity index (χ3n) is 1.55. The lowest BCUT2D eigenvalue weighted by Gasteiger charge is -2.12. The standard InChI is InChI=1S/C10H11O.C2H6/c1-3-9-7-5-6-8-10(9)11-4-2;1-2/h1,5,7H,2,4,6,8H2;1-2H3. The molecule has 13 heavy (non-hydrogen) atoms. The van der Waals surface area contributed by atoms with Crippen LogP contribution in [0.1, 0.15) is 26.7 Å². The Bertz CT molecular complexity index is 228. The molecule has 0 amide bonds. The van der Waals surface area contributed by atoms with E-state index < -0.39 is 0 Å². The molecule has 1 aliphatic carbocycles. The van der Waals surface area contributed by atoms with Gasteiger partial charge in [-0.1, -0.05) is 25.8 Å². The third-order valence-corrected chi connectivity index (χ3v) is 1.55. The highest BCUT2D eigenvalue weighted by molar-refractivity contribution is 5.40. The van der Waals surface area contributed by atoms with Gasteiger partial charge in [-0.3, -0.25) is 0 Å². The Hall–Kier alpha value is -1.16. The number of hydrogen-bond acceptors (Lipinski definition) is 1. The summed E-state index contributed by atoms with van der Waals surface area (Å²) in [7, 11) is 0. The highest BCUT2D eigenvalue weighted by Crippen LogP contribution is 2.18. The second-order valence-electron chi connectivity index (χ2n) is 2.27. The average molecular weight is 177 g/mol. The van der Waals surface area contributed by atoms with Crippen molar-refractivity contribution in [2.45, 2.75) is 26.7 Å². The van der Waals surface area contributed by atoms with Gasteiger partial charge in [-0.2, -0.15) is 0 Å². The first-order valence-electron chi connectivity index (χ1n) is 4.67. The van der Waals surface area contributed by atoms with Gasteiger partial charge in [0.05, 0.1) is 12.2 Å². The lowest BCUT2D eigenvalue weighted by atomic mass is 10.1. The van der Waals surface area contributed by atoms with Crippen LogP contribution < -0.4 is 0 Å². The Labute approximate surface area is 81.5 Å². The molecule has 0 saturated carbocycles. The van der Waals surface area contributed by atoms with Crippen LogP contribution in [0.25, 0.3) is 0 Å². The summed E-state index contributed by atoms with van der Waals surface area (Å²) in [6, 6.07) is 0. The zero-order chi connectivity index (χ0) is 10.1. The zero-order valence-corrected chi connectivity index (χ0v) is 8.47. The SMILES string of the molecule is C#CC1=C(OC[CH2])CCC=C1.CC. The van der Waals surface area contributed by atoms with Gasteiger partial charge >= 0.3 is 0 Å². The van der Waals surface area contributed by atoms with Gasteiger partial charge in [0, 0.05) is 6.42 Å². The molecule has 0 spiro atoms. The van der Waals surface area contributed by atoms with Gasteiger partial charge in [0.1, 0.15) is 5.76 Å². The van der Waals surface area contributed by atoms with Crippen molar-refractivity contribution < 1.29 is 4.74 Å². The van der Waals surface area contributed by atoms with E-state index in [-0.39, 0.29) is 0 Å². The van der Waals surface area contributed by atoms with Crippen LogP contribution in [0.2, 0.25) is 0 Å². The Morgan fingerprint density at radius 2 is 2.31 bits per heavy atom. The van der Waals surface area contributed by atoms with Crippen molar-refractivity contribution in [1.82, 2.24) is 0 Å². The van der Waals surface area contributed by atoms with E-state index in [1.54, 1.807) is 0 Å². The minimum Gasteiger partial charge on any atom is -0.497 e. The number of allylic oxidation sites excluding steroid dienone is 4. The minimum absolute atomic E-state index is 0.453. The highest BCUT2D eigenvalue weighted by atomic mass is 16.5. The Kier molecular flexibility index (Phi) is 6.82. The molecule has 0 atom stereocenters. The van der Waals surface area contributed by atoms with Crippen LogP contribution in [-0.4, -0.2) is 6.61 Å². The molecule has 1 rings (SSSR count). The summed E-state index contributed by atoms with van der Waals surface area (Å²) < 4.78 is 5.26. The van der Waals surface area contributed by atoms with E-state index in [4.69, 9.17) is 11.2 Å². The molecule has 0 bridgehead atoms. The molecular formula is C12H17O. The summed E-state index contributed by atoms with van der Waals surface area (Å²) >= 11 is 0. The molecule has 1 radical (unpaired) electrons. The van der Waals surface area contributed by atoms with Crippen LogP contribution in [0, 0.1) is 19.3 Å². The molecule has 71 valence electrons. The molecule has 1 aliphatic rings. The van der Waals surface area contributed by atoms with Crippen molar-refractivity contribution in [2.75, 3.05) is 6.61 Å².